The van der Waals surface area contributed by atoms with Gasteiger partial charge in [0.15, 0.2) is 0 Å². The molecule has 2 unspecified atom stereocenters. The lowest BCUT2D eigenvalue weighted by molar-refractivity contribution is -0.313. The zero-order valence-corrected chi connectivity index (χ0v) is 23.0. The Bertz CT molecular complexity index is 1050. The highest BCUT2D eigenvalue weighted by Crippen LogP contribution is 2.42. The second-order valence-electron chi connectivity index (χ2n) is 11.7. The van der Waals surface area contributed by atoms with E-state index in [0.717, 1.165) is 34.6 Å². The average Bonchev–Trinajstić information content (AvgIpc) is 3.58. The number of hydroxylamine groups is 2. The van der Waals surface area contributed by atoms with E-state index in [4.69, 9.17) is 19.0 Å². The fraction of sp³-hybridized carbons (Fsp3) is 0.567. The van der Waals surface area contributed by atoms with Crippen LogP contribution in [0.15, 0.2) is 36.4 Å². The van der Waals surface area contributed by atoms with Crippen LogP contribution in [-0.2, 0) is 14.3 Å². The van der Waals surface area contributed by atoms with E-state index in [1.165, 1.54) is 0 Å². The third-order valence-corrected chi connectivity index (χ3v) is 7.16. The molecule has 0 radical (unpaired) electrons. The molecule has 2 atom stereocenters. The van der Waals surface area contributed by atoms with Crippen molar-refractivity contribution >= 4 is 5.97 Å². The minimum absolute atomic E-state index is 0.138. The van der Waals surface area contributed by atoms with Gasteiger partial charge in [0.2, 0.25) is 0 Å². The number of benzene rings is 2. The topological polar surface area (TPSA) is 60.5 Å². The fourth-order valence-corrected chi connectivity index (χ4v) is 5.66. The molecule has 0 amide bonds. The van der Waals surface area contributed by atoms with Crippen LogP contribution in [0.3, 0.4) is 0 Å². The van der Waals surface area contributed by atoms with Crippen LogP contribution in [0.2, 0.25) is 0 Å². The number of hydrogen-bond donors (Lipinski definition) is 0. The Labute approximate surface area is 215 Å². The van der Waals surface area contributed by atoms with Crippen LogP contribution in [-0.4, -0.2) is 47.5 Å². The molecule has 0 saturated carbocycles. The van der Waals surface area contributed by atoms with Crippen molar-refractivity contribution in [2.24, 2.45) is 0 Å². The highest BCUT2D eigenvalue weighted by molar-refractivity contribution is 5.93. The molecule has 6 heteroatoms. The van der Waals surface area contributed by atoms with Crippen LogP contribution in [0, 0.1) is 20.8 Å². The van der Waals surface area contributed by atoms with E-state index in [1.807, 2.05) is 45.0 Å². The van der Waals surface area contributed by atoms with Crippen molar-refractivity contribution in [2.75, 3.05) is 13.2 Å². The molecule has 36 heavy (non-hydrogen) atoms. The van der Waals surface area contributed by atoms with Gasteiger partial charge in [-0.05, 0) is 84.2 Å². The smallest absolute Gasteiger partial charge is 0.338 e. The molecule has 2 aromatic rings. The maximum Gasteiger partial charge on any atom is 0.338 e. The zero-order chi connectivity index (χ0) is 26.3. The Morgan fingerprint density at radius 3 is 2.11 bits per heavy atom. The van der Waals surface area contributed by atoms with Crippen molar-refractivity contribution in [3.63, 3.8) is 0 Å². The first-order valence-corrected chi connectivity index (χ1v) is 13.0. The van der Waals surface area contributed by atoms with Crippen LogP contribution < -0.4 is 4.74 Å². The highest BCUT2D eigenvalue weighted by Gasteiger charge is 2.48. The summed E-state index contributed by atoms with van der Waals surface area (Å²) in [7, 11) is 0. The van der Waals surface area contributed by atoms with E-state index in [9.17, 15) is 4.79 Å². The minimum Gasteiger partial charge on any atom is -0.491 e. The fourth-order valence-electron chi connectivity index (χ4n) is 5.66. The highest BCUT2D eigenvalue weighted by atomic mass is 16.7. The van der Waals surface area contributed by atoms with Crippen LogP contribution >= 0.6 is 0 Å². The van der Waals surface area contributed by atoms with E-state index >= 15 is 0 Å². The summed E-state index contributed by atoms with van der Waals surface area (Å²) in [6.07, 6.45) is 1.29. The average molecular weight is 496 g/mol. The van der Waals surface area contributed by atoms with Crippen molar-refractivity contribution in [3.8, 4) is 5.75 Å². The van der Waals surface area contributed by atoms with Gasteiger partial charge in [-0.1, -0.05) is 29.8 Å². The Morgan fingerprint density at radius 1 is 1.03 bits per heavy atom. The molecule has 6 nitrogen and oxygen atoms in total. The molecule has 0 N–H and O–H groups in total. The van der Waals surface area contributed by atoms with Crippen molar-refractivity contribution in [1.82, 2.24) is 5.06 Å². The molecule has 2 aromatic carbocycles. The number of piperidine rings is 1. The van der Waals surface area contributed by atoms with Gasteiger partial charge in [0.25, 0.3) is 0 Å². The number of carbonyl (C=O) groups excluding carboxylic acids is 1. The summed E-state index contributed by atoms with van der Waals surface area (Å²) in [4.78, 5) is 19.7. The van der Waals surface area contributed by atoms with Gasteiger partial charge in [-0.2, -0.15) is 5.06 Å². The van der Waals surface area contributed by atoms with Gasteiger partial charge in [0.05, 0.1) is 12.2 Å². The molecule has 4 rings (SSSR count). The third-order valence-electron chi connectivity index (χ3n) is 7.16. The normalized spacial score (nSPS) is 22.2. The third kappa shape index (κ3) is 6.10. The number of aryl methyl sites for hydroxylation is 3. The van der Waals surface area contributed by atoms with Gasteiger partial charge in [-0.25, -0.2) is 4.79 Å². The molecule has 0 bridgehead atoms. The van der Waals surface area contributed by atoms with Crippen LogP contribution in [0.25, 0.3) is 0 Å². The van der Waals surface area contributed by atoms with Gasteiger partial charge in [-0.3, -0.25) is 4.84 Å². The SMILES string of the molecule is Cc1cc(C)c(C(=O)OC2CC(C)(C)N(OC(C)c3ccc(OCC4CO4)cc3)C(C)(C)C2)c(C)c1. The number of hydrogen-bond acceptors (Lipinski definition) is 6. The molecular formula is C30H41NO5. The number of epoxide rings is 1. The second kappa shape index (κ2) is 10.2. The molecule has 0 aliphatic carbocycles. The van der Waals surface area contributed by atoms with Crippen molar-refractivity contribution in [3.05, 3.63) is 64.2 Å². The Hall–Kier alpha value is -2.41. The summed E-state index contributed by atoms with van der Waals surface area (Å²) >= 11 is 0. The molecule has 0 aromatic heterocycles. The number of rotatable bonds is 8. The van der Waals surface area contributed by atoms with Gasteiger partial charge in [-0.15, -0.1) is 0 Å². The summed E-state index contributed by atoms with van der Waals surface area (Å²) in [5.41, 5.74) is 4.18. The summed E-state index contributed by atoms with van der Waals surface area (Å²) in [6.45, 7) is 18.1. The standard InChI is InChI=1S/C30H41NO5/c1-19-13-20(2)27(21(3)14-19)28(32)35-25-15-29(5,6)31(30(7,8)16-25)36-22(4)23-9-11-24(12-10-23)33-17-26-18-34-26/h9-14,22,25-26H,15-18H2,1-8H3. The Morgan fingerprint density at radius 2 is 1.58 bits per heavy atom. The number of esters is 1. The van der Waals surface area contributed by atoms with Crippen LogP contribution in [0.5, 0.6) is 5.75 Å². The largest absolute Gasteiger partial charge is 0.491 e. The molecule has 2 saturated heterocycles. The van der Waals surface area contributed by atoms with E-state index < -0.39 is 0 Å². The molecule has 2 heterocycles. The van der Waals surface area contributed by atoms with E-state index in [1.54, 1.807) is 0 Å². The predicted molar refractivity (Wildman–Crippen MR) is 140 cm³/mol. The van der Waals surface area contributed by atoms with Crippen molar-refractivity contribution < 1.29 is 23.8 Å². The summed E-state index contributed by atoms with van der Waals surface area (Å²) in [6, 6.07) is 12.1. The van der Waals surface area contributed by atoms with Gasteiger partial charge in [0.1, 0.15) is 30.7 Å². The Balaban J connectivity index is 1.41. The van der Waals surface area contributed by atoms with E-state index in [2.05, 4.69) is 51.8 Å². The molecule has 2 aliphatic rings. The first-order valence-electron chi connectivity index (χ1n) is 13.0. The summed E-state index contributed by atoms with van der Waals surface area (Å²) in [5, 5.41) is 2.10. The van der Waals surface area contributed by atoms with Crippen molar-refractivity contribution in [1.29, 1.82) is 0 Å². The maximum atomic E-state index is 13.2. The van der Waals surface area contributed by atoms with E-state index in [0.29, 0.717) is 25.0 Å². The monoisotopic (exact) mass is 495 g/mol. The molecule has 2 aliphatic heterocycles. The lowest BCUT2D eigenvalue weighted by atomic mass is 9.80. The second-order valence-corrected chi connectivity index (χ2v) is 11.7. The number of carbonyl (C=O) groups is 1. The first kappa shape index (κ1) is 26.6. The lowest BCUT2D eigenvalue weighted by Gasteiger charge is -2.54. The molecular weight excluding hydrogens is 454 g/mol. The number of ether oxygens (including phenoxy) is 3. The van der Waals surface area contributed by atoms with Gasteiger partial charge in [0, 0.05) is 23.9 Å². The Kier molecular flexibility index (Phi) is 7.52. The maximum absolute atomic E-state index is 13.2. The quantitative estimate of drug-likeness (QED) is 0.318. The first-order chi connectivity index (χ1) is 16.9. The van der Waals surface area contributed by atoms with Crippen LogP contribution in [0.1, 0.15) is 86.2 Å². The summed E-state index contributed by atoms with van der Waals surface area (Å²) in [5.74, 6) is 0.601. The van der Waals surface area contributed by atoms with Gasteiger partial charge >= 0.3 is 5.97 Å². The minimum atomic E-state index is -0.328. The lowest BCUT2D eigenvalue weighted by Crippen LogP contribution is -2.62. The molecule has 196 valence electrons. The van der Waals surface area contributed by atoms with E-state index in [-0.39, 0.29) is 35.4 Å². The zero-order valence-electron chi connectivity index (χ0n) is 23.0. The van der Waals surface area contributed by atoms with Crippen LogP contribution in [0.4, 0.5) is 0 Å². The van der Waals surface area contributed by atoms with Gasteiger partial charge < -0.3 is 14.2 Å². The molecule has 2 fully saturated rings. The summed E-state index contributed by atoms with van der Waals surface area (Å²) < 4.78 is 17.1. The molecule has 0 spiro atoms. The predicted octanol–water partition coefficient (Wildman–Crippen LogP) is 6.26. The number of nitrogens with zero attached hydrogens (tertiary/aromatic N) is 1. The van der Waals surface area contributed by atoms with Crippen molar-refractivity contribution in [2.45, 2.75) is 97.6 Å².